The van der Waals surface area contributed by atoms with Gasteiger partial charge in [-0.15, -0.1) is 0 Å². The van der Waals surface area contributed by atoms with Crippen LogP contribution in [0.5, 0.6) is 0 Å². The number of guanidine groups is 1. The van der Waals surface area contributed by atoms with Gasteiger partial charge < -0.3 is 5.11 Å². The first kappa shape index (κ1) is 12.7. The molecule has 0 bridgehead atoms. The Morgan fingerprint density at radius 1 is 1.50 bits per heavy atom. The van der Waals surface area contributed by atoms with Crippen molar-refractivity contribution in [3.8, 4) is 0 Å². The highest BCUT2D eigenvalue weighted by molar-refractivity contribution is 9.13. The van der Waals surface area contributed by atoms with E-state index in [2.05, 4.69) is 42.2 Å². The molecule has 0 radical (unpaired) electrons. The normalized spacial score (nSPS) is 34.5. The van der Waals surface area contributed by atoms with Gasteiger partial charge in [-0.2, -0.15) is 0 Å². The molecule has 2 atom stereocenters. The van der Waals surface area contributed by atoms with Crippen molar-refractivity contribution in [1.29, 1.82) is 0 Å². The van der Waals surface area contributed by atoms with Crippen LogP contribution in [0.1, 0.15) is 23.3 Å². The number of fused-ring (bicyclic) bond motifs is 1. The fourth-order valence-corrected chi connectivity index (χ4v) is 4.45. The smallest absolute Gasteiger partial charge is 0.347 e. The SMILES string of the molecule is NC1=[NH+]C23N(CCCC2(O)N1)C(=O)c1cc(Br)c(Br)n13. The lowest BCUT2D eigenvalue weighted by Crippen LogP contribution is -2.94. The zero-order valence-electron chi connectivity index (χ0n) is 10.3. The first-order chi connectivity index (χ1) is 9.41. The molecule has 5 N–H and O–H groups in total. The van der Waals surface area contributed by atoms with Crippen molar-refractivity contribution in [1.82, 2.24) is 14.8 Å². The molecule has 2 unspecified atom stereocenters. The molecule has 0 aliphatic carbocycles. The molecule has 4 rings (SSSR count). The number of hydrogen-bond acceptors (Lipinski definition) is 4. The summed E-state index contributed by atoms with van der Waals surface area (Å²) in [6.07, 6.45) is 1.20. The lowest BCUT2D eigenvalue weighted by molar-refractivity contribution is -0.635. The molecule has 1 amide bonds. The van der Waals surface area contributed by atoms with Crippen LogP contribution in [0.3, 0.4) is 0 Å². The standard InChI is InChI=1S/C11H11Br2N5O2/c12-5-4-6-8(19)17-3-1-2-10(20)11(17,16-9(14)15-10)18(6)7(5)13/h4,20H,1-3H2,(H3,14,15,16)/p+1. The van der Waals surface area contributed by atoms with Crippen LogP contribution in [0.25, 0.3) is 0 Å². The van der Waals surface area contributed by atoms with E-state index in [0.29, 0.717) is 29.7 Å². The van der Waals surface area contributed by atoms with E-state index in [-0.39, 0.29) is 11.9 Å². The molecule has 9 heteroatoms. The second-order valence-electron chi connectivity index (χ2n) is 5.26. The average Bonchev–Trinajstić information content (AvgIpc) is 2.90. The Bertz CT molecular complexity index is 687. The van der Waals surface area contributed by atoms with Crippen molar-refractivity contribution in [2.45, 2.75) is 24.4 Å². The van der Waals surface area contributed by atoms with Crippen LogP contribution >= 0.6 is 31.9 Å². The number of carbonyl (C=O) groups excluding carboxylic acids is 1. The van der Waals surface area contributed by atoms with E-state index in [0.717, 1.165) is 4.47 Å². The third kappa shape index (κ3) is 1.16. The summed E-state index contributed by atoms with van der Waals surface area (Å²) >= 11 is 6.88. The topological polar surface area (TPSA) is 97.5 Å². The van der Waals surface area contributed by atoms with Crippen molar-refractivity contribution in [2.75, 3.05) is 6.54 Å². The highest BCUT2D eigenvalue weighted by Crippen LogP contribution is 2.46. The van der Waals surface area contributed by atoms with Gasteiger partial charge >= 0.3 is 11.7 Å². The summed E-state index contributed by atoms with van der Waals surface area (Å²) < 4.78 is 3.20. The molecule has 0 aromatic carbocycles. The summed E-state index contributed by atoms with van der Waals surface area (Å²) in [5.41, 5.74) is 5.02. The predicted octanol–water partition coefficient (Wildman–Crippen LogP) is -1.44. The number of nitrogens with zero attached hydrogens (tertiary/aromatic N) is 2. The van der Waals surface area contributed by atoms with Crippen LogP contribution in [-0.4, -0.2) is 38.7 Å². The monoisotopic (exact) mass is 404 g/mol. The van der Waals surface area contributed by atoms with Crippen LogP contribution < -0.4 is 16.0 Å². The van der Waals surface area contributed by atoms with Gasteiger partial charge in [-0.1, -0.05) is 0 Å². The van der Waals surface area contributed by atoms with E-state index >= 15 is 0 Å². The zero-order chi connectivity index (χ0) is 14.3. The molecular weight excluding hydrogens is 394 g/mol. The number of amides is 1. The Morgan fingerprint density at radius 3 is 3.00 bits per heavy atom. The number of aromatic nitrogens is 1. The number of rotatable bonds is 0. The highest BCUT2D eigenvalue weighted by atomic mass is 79.9. The quantitative estimate of drug-likeness (QED) is 0.425. The molecule has 20 heavy (non-hydrogen) atoms. The van der Waals surface area contributed by atoms with E-state index < -0.39 is 11.5 Å². The Morgan fingerprint density at radius 2 is 2.25 bits per heavy atom. The van der Waals surface area contributed by atoms with Crippen LogP contribution in [0.2, 0.25) is 0 Å². The van der Waals surface area contributed by atoms with Gasteiger partial charge in [0.05, 0.1) is 4.47 Å². The minimum atomic E-state index is -1.34. The van der Waals surface area contributed by atoms with Gasteiger partial charge in [0.15, 0.2) is 0 Å². The van der Waals surface area contributed by atoms with Crippen molar-refractivity contribution >= 4 is 43.7 Å². The Kier molecular flexibility index (Phi) is 2.26. The minimum absolute atomic E-state index is 0.126. The Hall–Kier alpha value is -1.06. The summed E-state index contributed by atoms with van der Waals surface area (Å²) in [6.45, 7) is 0.564. The molecule has 1 saturated heterocycles. The molecule has 1 aromatic heterocycles. The van der Waals surface area contributed by atoms with E-state index in [1.165, 1.54) is 0 Å². The molecule has 7 nitrogen and oxygen atoms in total. The van der Waals surface area contributed by atoms with Crippen molar-refractivity contribution < 1.29 is 14.9 Å². The second-order valence-corrected chi connectivity index (χ2v) is 6.87. The number of hydrogen-bond donors (Lipinski definition) is 4. The van der Waals surface area contributed by atoms with E-state index in [9.17, 15) is 9.90 Å². The number of nitrogens with one attached hydrogen (secondary N) is 2. The summed E-state index contributed by atoms with van der Waals surface area (Å²) in [6, 6.07) is 1.75. The number of aliphatic hydroxyl groups is 1. The van der Waals surface area contributed by atoms with Crippen LogP contribution in [0.4, 0.5) is 0 Å². The maximum absolute atomic E-state index is 12.6. The van der Waals surface area contributed by atoms with Crippen molar-refractivity contribution in [2.24, 2.45) is 5.73 Å². The van der Waals surface area contributed by atoms with Gasteiger partial charge in [0.25, 0.3) is 11.6 Å². The number of piperidine rings is 1. The first-order valence-corrected chi connectivity index (χ1v) is 7.80. The fraction of sp³-hybridized carbons (Fsp3) is 0.455. The zero-order valence-corrected chi connectivity index (χ0v) is 13.5. The van der Waals surface area contributed by atoms with E-state index in [4.69, 9.17) is 5.73 Å². The molecule has 3 aliphatic heterocycles. The molecule has 4 heterocycles. The number of carbonyl (C=O) groups is 1. The largest absolute Gasteiger partial charge is 0.353 e. The van der Waals surface area contributed by atoms with Gasteiger partial charge in [0.1, 0.15) is 10.3 Å². The van der Waals surface area contributed by atoms with E-state index in [1.807, 2.05) is 0 Å². The Balaban J connectivity index is 2.08. The summed E-state index contributed by atoms with van der Waals surface area (Å²) in [7, 11) is 0. The summed E-state index contributed by atoms with van der Waals surface area (Å²) in [5, 5.41) is 13.9. The molecule has 0 saturated carbocycles. The maximum atomic E-state index is 12.6. The summed E-state index contributed by atoms with van der Waals surface area (Å²) in [4.78, 5) is 17.3. The first-order valence-electron chi connectivity index (χ1n) is 6.21. The van der Waals surface area contributed by atoms with E-state index in [1.54, 1.807) is 15.5 Å². The molecule has 106 valence electrons. The average molecular weight is 406 g/mol. The fourth-order valence-electron chi connectivity index (χ4n) is 3.49. The molecule has 1 spiro atoms. The molecule has 3 aliphatic rings. The molecule has 1 fully saturated rings. The van der Waals surface area contributed by atoms with Gasteiger partial charge in [0, 0.05) is 13.0 Å². The lowest BCUT2D eigenvalue weighted by atomic mass is 9.94. The third-order valence-electron chi connectivity index (χ3n) is 4.22. The molecular formula is C11H12Br2N5O2+. The van der Waals surface area contributed by atoms with Crippen LogP contribution in [0.15, 0.2) is 15.1 Å². The Labute approximate surface area is 131 Å². The van der Waals surface area contributed by atoms with Crippen molar-refractivity contribution in [3.63, 3.8) is 0 Å². The van der Waals surface area contributed by atoms with Gasteiger partial charge in [0.2, 0.25) is 0 Å². The van der Waals surface area contributed by atoms with Crippen LogP contribution in [0, 0.1) is 0 Å². The van der Waals surface area contributed by atoms with Crippen LogP contribution in [-0.2, 0) is 5.79 Å². The van der Waals surface area contributed by atoms with Gasteiger partial charge in [-0.3, -0.25) is 20.0 Å². The molecule has 1 aromatic rings. The number of halogens is 2. The predicted molar refractivity (Wildman–Crippen MR) is 76.3 cm³/mol. The van der Waals surface area contributed by atoms with Crippen molar-refractivity contribution in [3.05, 3.63) is 20.8 Å². The lowest BCUT2D eigenvalue weighted by Gasteiger charge is -2.44. The van der Waals surface area contributed by atoms with Gasteiger partial charge in [-0.05, 0) is 44.3 Å². The minimum Gasteiger partial charge on any atom is -0.353 e. The highest BCUT2D eigenvalue weighted by Gasteiger charge is 2.71. The number of nitrogens with two attached hydrogens (primary N) is 1. The third-order valence-corrected chi connectivity index (χ3v) is 6.14. The van der Waals surface area contributed by atoms with Gasteiger partial charge in [-0.25, -0.2) is 10.3 Å². The summed E-state index contributed by atoms with van der Waals surface area (Å²) in [5.74, 6) is -0.984. The second kappa shape index (κ2) is 3.58. The maximum Gasteiger partial charge on any atom is 0.347 e.